The predicted octanol–water partition coefficient (Wildman–Crippen LogP) is 0.0408. The molecule has 2 heterocycles. The SMILES string of the molecule is C1CCN([SiH2][SiH2]N2CCCCC2)CC1. The fourth-order valence-electron chi connectivity index (χ4n) is 2.65. The van der Waals surface area contributed by atoms with Gasteiger partial charge in [-0.15, -0.1) is 0 Å². The van der Waals surface area contributed by atoms with Crippen molar-refractivity contribution in [3.05, 3.63) is 0 Å². The molecule has 0 unspecified atom stereocenters. The van der Waals surface area contributed by atoms with Crippen molar-refractivity contribution in [1.82, 2.24) is 9.13 Å². The third kappa shape index (κ3) is 3.49. The van der Waals surface area contributed by atoms with E-state index < -0.39 is 0 Å². The van der Waals surface area contributed by atoms with Gasteiger partial charge < -0.3 is 9.13 Å². The molecule has 0 saturated carbocycles. The smallest absolute Gasteiger partial charge is 0.0968 e. The Morgan fingerprint density at radius 2 is 0.857 bits per heavy atom. The first-order chi connectivity index (χ1) is 6.95. The molecular weight excluding hydrogens is 204 g/mol. The third-order valence-corrected chi connectivity index (χ3v) is 10.8. The van der Waals surface area contributed by atoms with Crippen LogP contribution in [-0.2, 0) is 0 Å². The Kier molecular flexibility index (Phi) is 4.69. The van der Waals surface area contributed by atoms with E-state index in [4.69, 9.17) is 0 Å². The van der Waals surface area contributed by atoms with Crippen molar-refractivity contribution >= 4 is 18.4 Å². The van der Waals surface area contributed by atoms with Crippen molar-refractivity contribution in [2.24, 2.45) is 0 Å². The fourth-order valence-corrected chi connectivity index (χ4v) is 9.38. The minimum atomic E-state index is 0.219. The van der Waals surface area contributed by atoms with E-state index in [0.29, 0.717) is 0 Å². The molecule has 0 aromatic carbocycles. The molecule has 4 heteroatoms. The van der Waals surface area contributed by atoms with Gasteiger partial charge in [0, 0.05) is 0 Å². The Balaban J connectivity index is 1.60. The molecule has 2 nitrogen and oxygen atoms in total. The lowest BCUT2D eigenvalue weighted by molar-refractivity contribution is 0.351. The molecule has 0 N–H and O–H groups in total. The van der Waals surface area contributed by atoms with E-state index in [-0.39, 0.29) is 18.4 Å². The normalized spacial score (nSPS) is 28.3. The van der Waals surface area contributed by atoms with Gasteiger partial charge in [-0.2, -0.15) is 0 Å². The summed E-state index contributed by atoms with van der Waals surface area (Å²) in [6.45, 7) is 5.81. The summed E-state index contributed by atoms with van der Waals surface area (Å²) < 4.78 is 5.70. The summed E-state index contributed by atoms with van der Waals surface area (Å²) in [6, 6.07) is 0. The van der Waals surface area contributed by atoms with Crippen molar-refractivity contribution in [1.29, 1.82) is 0 Å². The average Bonchev–Trinajstić information content (AvgIpc) is 2.29. The first-order valence-corrected chi connectivity index (χ1v) is 11.7. The highest BCUT2D eigenvalue weighted by Crippen LogP contribution is 2.09. The van der Waals surface area contributed by atoms with Crippen LogP contribution >= 0.6 is 0 Å². The number of nitrogens with zero attached hydrogens (tertiary/aromatic N) is 2. The van der Waals surface area contributed by atoms with Crippen molar-refractivity contribution in [2.45, 2.75) is 38.5 Å². The van der Waals surface area contributed by atoms with Gasteiger partial charge in [-0.1, -0.05) is 12.8 Å². The molecule has 0 aromatic heterocycles. The zero-order valence-electron chi connectivity index (χ0n) is 9.38. The maximum Gasteiger partial charge on any atom is 0.0968 e. The quantitative estimate of drug-likeness (QED) is 0.630. The summed E-state index contributed by atoms with van der Waals surface area (Å²) in [4.78, 5) is 0. The van der Waals surface area contributed by atoms with E-state index in [1.54, 1.807) is 0 Å². The molecule has 82 valence electrons. The zero-order valence-corrected chi connectivity index (χ0v) is 12.2. The lowest BCUT2D eigenvalue weighted by atomic mass is 10.2. The molecule has 0 bridgehead atoms. The van der Waals surface area contributed by atoms with E-state index in [0.717, 1.165) is 0 Å². The molecule has 0 aromatic rings. The van der Waals surface area contributed by atoms with E-state index in [2.05, 4.69) is 9.13 Å². The van der Waals surface area contributed by atoms with Crippen LogP contribution in [0.15, 0.2) is 0 Å². The number of hydrogen-bond donors (Lipinski definition) is 0. The molecule has 14 heavy (non-hydrogen) atoms. The molecule has 2 saturated heterocycles. The molecule has 2 aliphatic heterocycles. The Morgan fingerprint density at radius 3 is 1.21 bits per heavy atom. The second-order valence-electron chi connectivity index (χ2n) is 4.80. The summed E-state index contributed by atoms with van der Waals surface area (Å²) in [5.74, 6) is 0. The highest BCUT2D eigenvalue weighted by Gasteiger charge is 2.14. The highest BCUT2D eigenvalue weighted by atomic mass is 29.2. The van der Waals surface area contributed by atoms with Crippen LogP contribution in [-0.4, -0.2) is 53.7 Å². The monoisotopic (exact) mass is 228 g/mol. The summed E-state index contributed by atoms with van der Waals surface area (Å²) in [5.41, 5.74) is 0. The van der Waals surface area contributed by atoms with E-state index in [9.17, 15) is 0 Å². The van der Waals surface area contributed by atoms with E-state index in [1.807, 2.05) is 0 Å². The van der Waals surface area contributed by atoms with Gasteiger partial charge in [-0.05, 0) is 51.9 Å². The maximum atomic E-state index is 2.85. The minimum Gasteiger partial charge on any atom is -0.330 e. The fraction of sp³-hybridized carbons (Fsp3) is 1.00. The largest absolute Gasteiger partial charge is 0.330 e. The minimum absolute atomic E-state index is 0.219. The van der Waals surface area contributed by atoms with Gasteiger partial charge in [0.25, 0.3) is 0 Å². The Labute approximate surface area is 92.6 Å². The molecule has 0 radical (unpaired) electrons. The van der Waals surface area contributed by atoms with E-state index >= 15 is 0 Å². The van der Waals surface area contributed by atoms with Crippen LogP contribution in [0, 0.1) is 0 Å². The van der Waals surface area contributed by atoms with Gasteiger partial charge in [0.15, 0.2) is 0 Å². The van der Waals surface area contributed by atoms with Crippen LogP contribution < -0.4 is 0 Å². The van der Waals surface area contributed by atoms with Crippen molar-refractivity contribution in [3.63, 3.8) is 0 Å². The molecule has 0 atom stereocenters. The van der Waals surface area contributed by atoms with Crippen LogP contribution in [0.25, 0.3) is 0 Å². The first kappa shape index (κ1) is 10.9. The molecular formula is C10H24N2Si2. The number of piperidine rings is 2. The van der Waals surface area contributed by atoms with Gasteiger partial charge >= 0.3 is 0 Å². The van der Waals surface area contributed by atoms with Gasteiger partial charge in [0.05, 0.1) is 18.4 Å². The lowest BCUT2D eigenvalue weighted by Gasteiger charge is -2.31. The van der Waals surface area contributed by atoms with Crippen LogP contribution in [0.1, 0.15) is 38.5 Å². The van der Waals surface area contributed by atoms with Crippen LogP contribution in [0.5, 0.6) is 0 Å². The Morgan fingerprint density at radius 1 is 0.500 bits per heavy atom. The van der Waals surface area contributed by atoms with Crippen LogP contribution in [0.4, 0.5) is 0 Å². The van der Waals surface area contributed by atoms with Crippen molar-refractivity contribution < 1.29 is 0 Å². The van der Waals surface area contributed by atoms with Gasteiger partial charge in [-0.25, -0.2) is 0 Å². The maximum absolute atomic E-state index is 2.85. The Bertz CT molecular complexity index is 136. The van der Waals surface area contributed by atoms with E-state index in [1.165, 1.54) is 64.7 Å². The van der Waals surface area contributed by atoms with Crippen molar-refractivity contribution in [2.75, 3.05) is 26.2 Å². The third-order valence-electron chi connectivity index (χ3n) is 3.63. The molecule has 0 aliphatic carbocycles. The highest BCUT2D eigenvalue weighted by molar-refractivity contribution is 6.97. The summed E-state index contributed by atoms with van der Waals surface area (Å²) >= 11 is 0. The second-order valence-corrected chi connectivity index (χ2v) is 10.2. The molecule has 0 amide bonds. The molecule has 2 fully saturated rings. The average molecular weight is 228 g/mol. The van der Waals surface area contributed by atoms with Crippen LogP contribution in [0.3, 0.4) is 0 Å². The van der Waals surface area contributed by atoms with Crippen LogP contribution in [0.2, 0.25) is 0 Å². The zero-order chi connectivity index (χ0) is 9.64. The first-order valence-electron chi connectivity index (χ1n) is 6.40. The second kappa shape index (κ2) is 6.05. The summed E-state index contributed by atoms with van der Waals surface area (Å²) in [5, 5.41) is 0. The van der Waals surface area contributed by atoms with Crippen molar-refractivity contribution in [3.8, 4) is 0 Å². The number of hydrogen-bond acceptors (Lipinski definition) is 2. The summed E-state index contributed by atoms with van der Waals surface area (Å²) in [7, 11) is 0.438. The molecule has 0 spiro atoms. The molecule has 2 rings (SSSR count). The standard InChI is InChI=1S/C10H24N2Si2/c1-3-7-11(8-4-1)13-14-12-9-5-2-6-10-12/h1-10,13-14H2. The lowest BCUT2D eigenvalue weighted by Crippen LogP contribution is -2.44. The topological polar surface area (TPSA) is 6.48 Å². The number of rotatable bonds is 3. The Hall–Kier alpha value is 0.354. The predicted molar refractivity (Wildman–Crippen MR) is 67.9 cm³/mol. The van der Waals surface area contributed by atoms with Gasteiger partial charge in [-0.3, -0.25) is 0 Å². The van der Waals surface area contributed by atoms with Gasteiger partial charge in [0.2, 0.25) is 0 Å². The molecule has 2 aliphatic rings. The summed E-state index contributed by atoms with van der Waals surface area (Å²) in [6.07, 6.45) is 8.94. The van der Waals surface area contributed by atoms with Gasteiger partial charge in [0.1, 0.15) is 0 Å².